The lowest BCUT2D eigenvalue weighted by molar-refractivity contribution is -0.118. The van der Waals surface area contributed by atoms with Crippen LogP contribution in [0.4, 0.5) is 11.5 Å². The van der Waals surface area contributed by atoms with Crippen LogP contribution in [-0.2, 0) is 11.2 Å². The van der Waals surface area contributed by atoms with Gasteiger partial charge in [0, 0.05) is 23.6 Å². The van der Waals surface area contributed by atoms with E-state index in [2.05, 4.69) is 45.0 Å². The van der Waals surface area contributed by atoms with E-state index in [9.17, 15) is 4.79 Å². The van der Waals surface area contributed by atoms with Crippen molar-refractivity contribution in [1.82, 2.24) is 9.97 Å². The Morgan fingerprint density at radius 2 is 1.83 bits per heavy atom. The highest BCUT2D eigenvalue weighted by molar-refractivity contribution is 5.91. The van der Waals surface area contributed by atoms with Crippen molar-refractivity contribution >= 4 is 28.3 Å². The highest BCUT2D eigenvalue weighted by Gasteiger charge is 2.05. The summed E-state index contributed by atoms with van der Waals surface area (Å²) >= 11 is 0. The third-order valence-electron chi connectivity index (χ3n) is 4.54. The smallest absolute Gasteiger partial charge is 0.263 e. The first kappa shape index (κ1) is 18.6. The predicted molar refractivity (Wildman–Crippen MR) is 115 cm³/mol. The van der Waals surface area contributed by atoms with Gasteiger partial charge in [0.25, 0.3) is 5.91 Å². The molecule has 0 fully saturated rings. The van der Waals surface area contributed by atoms with Crippen LogP contribution in [0.5, 0.6) is 5.75 Å². The van der Waals surface area contributed by atoms with E-state index in [0.29, 0.717) is 11.6 Å². The predicted octanol–water partition coefficient (Wildman–Crippen LogP) is 4.24. The fraction of sp³-hybridized carbons (Fsp3) is 0.130. The summed E-state index contributed by atoms with van der Waals surface area (Å²) in [7, 11) is 0. The van der Waals surface area contributed by atoms with Crippen LogP contribution in [0.1, 0.15) is 5.56 Å². The zero-order chi connectivity index (χ0) is 19.9. The molecule has 6 heteroatoms. The van der Waals surface area contributed by atoms with E-state index in [1.807, 2.05) is 42.5 Å². The van der Waals surface area contributed by atoms with Gasteiger partial charge in [0.2, 0.25) is 0 Å². The number of nitrogens with zero attached hydrogens (tertiary/aromatic N) is 1. The largest absolute Gasteiger partial charge is 0.484 e. The van der Waals surface area contributed by atoms with Crippen LogP contribution in [0.3, 0.4) is 0 Å². The molecule has 0 unspecified atom stereocenters. The van der Waals surface area contributed by atoms with Crippen LogP contribution >= 0.6 is 0 Å². The number of H-pyrrole nitrogens is 1. The third-order valence-corrected chi connectivity index (χ3v) is 4.54. The van der Waals surface area contributed by atoms with Crippen molar-refractivity contribution < 1.29 is 9.53 Å². The monoisotopic (exact) mass is 386 g/mol. The molecule has 6 nitrogen and oxygen atoms in total. The van der Waals surface area contributed by atoms with Crippen LogP contribution in [0, 0.1) is 0 Å². The Morgan fingerprint density at radius 3 is 2.66 bits per heavy atom. The molecule has 0 radical (unpaired) electrons. The molecule has 0 aliphatic rings. The standard InChI is InChI=1S/C23H22N4O2/c28-23(16-29-19-6-2-1-3-7-19)27-22-11-10-18(15-26-22)24-13-12-17-14-25-21-9-5-4-8-20(17)21/h1-11,14-15,24-25H,12-13,16H2,(H,26,27,28). The van der Waals surface area contributed by atoms with Gasteiger partial charge in [0.15, 0.2) is 6.61 Å². The Hall–Kier alpha value is -3.80. The van der Waals surface area contributed by atoms with Gasteiger partial charge in [-0.05, 0) is 42.3 Å². The van der Waals surface area contributed by atoms with E-state index in [1.54, 1.807) is 12.3 Å². The SMILES string of the molecule is O=C(COc1ccccc1)Nc1ccc(NCCc2c[nH]c3ccccc23)cn1. The van der Waals surface area contributed by atoms with Crippen LogP contribution in [-0.4, -0.2) is 29.0 Å². The number of amides is 1. The second-order valence-corrected chi connectivity index (χ2v) is 6.62. The van der Waals surface area contributed by atoms with Gasteiger partial charge in [-0.15, -0.1) is 0 Å². The summed E-state index contributed by atoms with van der Waals surface area (Å²) in [4.78, 5) is 19.6. The normalized spacial score (nSPS) is 10.6. The molecule has 2 aromatic heterocycles. The van der Waals surface area contributed by atoms with E-state index in [0.717, 1.165) is 24.2 Å². The number of rotatable bonds is 8. The second kappa shape index (κ2) is 8.93. The molecule has 0 saturated heterocycles. The van der Waals surface area contributed by atoms with Gasteiger partial charge in [0.05, 0.1) is 11.9 Å². The van der Waals surface area contributed by atoms with Crippen molar-refractivity contribution in [2.24, 2.45) is 0 Å². The molecule has 4 rings (SSSR count). The number of aromatic nitrogens is 2. The molecule has 4 aromatic rings. The van der Waals surface area contributed by atoms with Gasteiger partial charge in [0.1, 0.15) is 11.6 Å². The van der Waals surface area contributed by atoms with Crippen molar-refractivity contribution in [2.45, 2.75) is 6.42 Å². The van der Waals surface area contributed by atoms with Gasteiger partial charge in [-0.25, -0.2) is 4.98 Å². The average molecular weight is 386 g/mol. The minimum atomic E-state index is -0.249. The Bertz CT molecular complexity index is 1070. The minimum absolute atomic E-state index is 0.0592. The summed E-state index contributed by atoms with van der Waals surface area (Å²) in [6, 6.07) is 21.2. The fourth-order valence-corrected chi connectivity index (χ4v) is 3.10. The maximum Gasteiger partial charge on any atom is 0.263 e. The average Bonchev–Trinajstić information content (AvgIpc) is 3.17. The third kappa shape index (κ3) is 4.93. The van der Waals surface area contributed by atoms with E-state index in [1.165, 1.54) is 10.9 Å². The lowest BCUT2D eigenvalue weighted by Gasteiger charge is -2.09. The number of pyridine rings is 1. The molecule has 29 heavy (non-hydrogen) atoms. The zero-order valence-corrected chi connectivity index (χ0v) is 15.9. The molecule has 1 amide bonds. The second-order valence-electron chi connectivity index (χ2n) is 6.62. The van der Waals surface area contributed by atoms with Gasteiger partial charge in [-0.1, -0.05) is 36.4 Å². The molecule has 2 aromatic carbocycles. The summed E-state index contributed by atoms with van der Waals surface area (Å²) < 4.78 is 5.43. The number of nitrogens with one attached hydrogen (secondary N) is 3. The van der Waals surface area contributed by atoms with Crippen molar-refractivity contribution in [2.75, 3.05) is 23.8 Å². The molecule has 3 N–H and O–H groups in total. The maximum atomic E-state index is 12.0. The lowest BCUT2D eigenvalue weighted by Crippen LogP contribution is -2.20. The lowest BCUT2D eigenvalue weighted by atomic mass is 10.1. The molecule has 0 aliphatic heterocycles. The Kier molecular flexibility index (Phi) is 5.71. The number of hydrogen-bond acceptors (Lipinski definition) is 4. The van der Waals surface area contributed by atoms with Crippen LogP contribution in [0.2, 0.25) is 0 Å². The molecule has 2 heterocycles. The Labute approximate surface area is 168 Å². The summed E-state index contributed by atoms with van der Waals surface area (Å²) in [6.45, 7) is 0.733. The number of ether oxygens (including phenoxy) is 1. The van der Waals surface area contributed by atoms with Gasteiger partial charge >= 0.3 is 0 Å². The summed E-state index contributed by atoms with van der Waals surface area (Å²) in [5, 5.41) is 7.35. The topological polar surface area (TPSA) is 79.0 Å². The summed E-state index contributed by atoms with van der Waals surface area (Å²) in [6.07, 6.45) is 4.67. The van der Waals surface area contributed by atoms with Crippen LogP contribution in [0.15, 0.2) is 79.1 Å². The number of fused-ring (bicyclic) bond motifs is 1. The Balaban J connectivity index is 1.24. The van der Waals surface area contributed by atoms with Crippen molar-refractivity contribution in [3.05, 3.63) is 84.7 Å². The van der Waals surface area contributed by atoms with Crippen molar-refractivity contribution in [1.29, 1.82) is 0 Å². The number of aromatic amines is 1. The van der Waals surface area contributed by atoms with Crippen molar-refractivity contribution in [3.63, 3.8) is 0 Å². The highest BCUT2D eigenvalue weighted by Crippen LogP contribution is 2.18. The number of hydrogen-bond donors (Lipinski definition) is 3. The van der Waals surface area contributed by atoms with Gasteiger partial charge in [-0.2, -0.15) is 0 Å². The first-order valence-electron chi connectivity index (χ1n) is 9.50. The molecular formula is C23H22N4O2. The quantitative estimate of drug-likeness (QED) is 0.423. The van der Waals surface area contributed by atoms with E-state index < -0.39 is 0 Å². The van der Waals surface area contributed by atoms with E-state index >= 15 is 0 Å². The number of anilines is 2. The maximum absolute atomic E-state index is 12.0. The van der Waals surface area contributed by atoms with E-state index in [4.69, 9.17) is 4.74 Å². The minimum Gasteiger partial charge on any atom is -0.484 e. The molecule has 146 valence electrons. The molecule has 0 aliphatic carbocycles. The Morgan fingerprint density at radius 1 is 1.00 bits per heavy atom. The van der Waals surface area contributed by atoms with Crippen LogP contribution < -0.4 is 15.4 Å². The molecule has 0 bridgehead atoms. The first-order valence-corrected chi connectivity index (χ1v) is 9.50. The molecular weight excluding hydrogens is 364 g/mol. The fourth-order valence-electron chi connectivity index (χ4n) is 3.10. The summed E-state index contributed by atoms with van der Waals surface area (Å²) in [5.41, 5.74) is 3.34. The highest BCUT2D eigenvalue weighted by atomic mass is 16.5. The zero-order valence-electron chi connectivity index (χ0n) is 15.9. The van der Waals surface area contributed by atoms with Gasteiger partial charge in [-0.3, -0.25) is 4.79 Å². The summed E-state index contributed by atoms with van der Waals surface area (Å²) in [5.74, 6) is 0.903. The van der Waals surface area contributed by atoms with Crippen LogP contribution in [0.25, 0.3) is 10.9 Å². The van der Waals surface area contributed by atoms with Gasteiger partial charge < -0.3 is 20.4 Å². The van der Waals surface area contributed by atoms with E-state index in [-0.39, 0.29) is 12.5 Å². The number of para-hydroxylation sites is 2. The number of carbonyl (C=O) groups excluding carboxylic acids is 1. The first-order chi connectivity index (χ1) is 14.3. The molecule has 0 atom stereocenters. The molecule has 0 spiro atoms. The van der Waals surface area contributed by atoms with Crippen molar-refractivity contribution in [3.8, 4) is 5.75 Å². The number of carbonyl (C=O) groups is 1. The number of benzene rings is 2. The molecule has 0 saturated carbocycles.